The molecule has 0 saturated heterocycles. The fraction of sp³-hybridized carbons (Fsp3) is 0.111. The Balaban J connectivity index is 3.24. The van der Waals surface area contributed by atoms with E-state index in [4.69, 9.17) is 5.11 Å². The van der Waals surface area contributed by atoms with Gasteiger partial charge in [0.1, 0.15) is 0 Å². The van der Waals surface area contributed by atoms with E-state index in [2.05, 4.69) is 5.32 Å². The molecule has 0 aromatic heterocycles. The van der Waals surface area contributed by atoms with Crippen LogP contribution in [0.5, 0.6) is 0 Å². The molecule has 1 aromatic carbocycles. The Morgan fingerprint density at radius 2 is 2.06 bits per heavy atom. The third kappa shape index (κ3) is 2.53. The lowest BCUT2D eigenvalue weighted by Crippen LogP contribution is -2.11. The minimum Gasteiger partial charge on any atom is -0.478 e. The Labute approximate surface area is 89.8 Å². The first kappa shape index (κ1) is 11.6. The van der Waals surface area contributed by atoms with E-state index in [1.807, 2.05) is 0 Å². The summed E-state index contributed by atoms with van der Waals surface area (Å²) in [7, 11) is 0. The summed E-state index contributed by atoms with van der Waals surface area (Å²) in [5, 5.41) is 21.5. The number of carboxylic acids is 1. The zero-order valence-electron chi connectivity index (χ0n) is 8.26. The van der Waals surface area contributed by atoms with Gasteiger partial charge in [-0.3, -0.25) is 14.9 Å². The lowest BCUT2D eigenvalue weighted by atomic mass is 10.1. The first-order chi connectivity index (χ1) is 7.41. The highest BCUT2D eigenvalue weighted by Gasteiger charge is 2.16. The third-order valence-electron chi connectivity index (χ3n) is 1.76. The Morgan fingerprint density at radius 1 is 1.44 bits per heavy atom. The average Bonchev–Trinajstić information content (AvgIpc) is 2.16. The molecule has 0 unspecified atom stereocenters. The van der Waals surface area contributed by atoms with E-state index in [9.17, 15) is 19.7 Å². The first-order valence-electron chi connectivity index (χ1n) is 4.21. The summed E-state index contributed by atoms with van der Waals surface area (Å²) in [4.78, 5) is 31.3. The molecule has 0 atom stereocenters. The van der Waals surface area contributed by atoms with Crippen molar-refractivity contribution in [1.29, 1.82) is 0 Å². The minimum atomic E-state index is -1.34. The van der Waals surface area contributed by atoms with E-state index >= 15 is 0 Å². The van der Waals surface area contributed by atoms with E-state index in [1.54, 1.807) is 0 Å². The van der Waals surface area contributed by atoms with Crippen LogP contribution in [0.15, 0.2) is 18.2 Å². The molecule has 7 nitrogen and oxygen atoms in total. The second kappa shape index (κ2) is 4.39. The van der Waals surface area contributed by atoms with Gasteiger partial charge in [-0.15, -0.1) is 0 Å². The number of non-ortho nitro benzene ring substituents is 1. The van der Waals surface area contributed by atoms with Gasteiger partial charge in [-0.2, -0.15) is 0 Å². The van der Waals surface area contributed by atoms with Gasteiger partial charge in [0, 0.05) is 19.1 Å². The van der Waals surface area contributed by atoms with E-state index in [0.29, 0.717) is 0 Å². The van der Waals surface area contributed by atoms with Crippen LogP contribution >= 0.6 is 0 Å². The number of nitrogens with one attached hydrogen (secondary N) is 1. The molecule has 16 heavy (non-hydrogen) atoms. The number of amides is 1. The molecule has 7 heteroatoms. The molecular formula is C9H8N2O5. The fourth-order valence-corrected chi connectivity index (χ4v) is 1.12. The minimum absolute atomic E-state index is 0.0330. The van der Waals surface area contributed by atoms with Crippen LogP contribution in [0.3, 0.4) is 0 Å². The highest BCUT2D eigenvalue weighted by atomic mass is 16.6. The smallest absolute Gasteiger partial charge is 0.338 e. The number of hydrogen-bond donors (Lipinski definition) is 2. The molecule has 84 valence electrons. The van der Waals surface area contributed by atoms with Crippen LogP contribution in [0.4, 0.5) is 11.4 Å². The summed E-state index contributed by atoms with van der Waals surface area (Å²) < 4.78 is 0. The molecule has 0 radical (unpaired) electrons. The first-order valence-corrected chi connectivity index (χ1v) is 4.21. The molecule has 1 amide bonds. The summed E-state index contributed by atoms with van der Waals surface area (Å²) in [6, 6.07) is 3.20. The Morgan fingerprint density at radius 3 is 2.50 bits per heavy atom. The molecule has 0 aliphatic carbocycles. The Kier molecular flexibility index (Phi) is 3.19. The maximum Gasteiger partial charge on any atom is 0.338 e. The van der Waals surface area contributed by atoms with Crippen molar-refractivity contribution in [3.63, 3.8) is 0 Å². The van der Waals surface area contributed by atoms with Gasteiger partial charge in [0.05, 0.1) is 16.2 Å². The number of nitrogens with zero attached hydrogens (tertiary/aromatic N) is 1. The SMILES string of the molecule is CC(=O)Nc1ccc([N+](=O)[O-])cc1C(=O)O. The standard InChI is InChI=1S/C9H8N2O5/c1-5(12)10-8-3-2-6(11(15)16)4-7(8)9(13)14/h2-4H,1H3,(H,10,12)(H,13,14). The third-order valence-corrected chi connectivity index (χ3v) is 1.76. The number of rotatable bonds is 3. The van der Waals surface area contributed by atoms with Gasteiger partial charge in [-0.25, -0.2) is 4.79 Å². The lowest BCUT2D eigenvalue weighted by Gasteiger charge is -2.05. The number of carboxylic acid groups (broad SMARTS) is 1. The molecule has 0 saturated carbocycles. The van der Waals surface area contributed by atoms with Gasteiger partial charge < -0.3 is 10.4 Å². The highest BCUT2D eigenvalue weighted by molar-refractivity contribution is 6.00. The summed E-state index contributed by atoms with van der Waals surface area (Å²) in [6.45, 7) is 1.22. The van der Waals surface area contributed by atoms with Crippen molar-refractivity contribution in [3.05, 3.63) is 33.9 Å². The molecule has 0 bridgehead atoms. The van der Waals surface area contributed by atoms with Crippen molar-refractivity contribution >= 4 is 23.3 Å². The summed E-state index contributed by atoms with van der Waals surface area (Å²) in [5.74, 6) is -1.79. The van der Waals surface area contributed by atoms with E-state index < -0.39 is 16.8 Å². The van der Waals surface area contributed by atoms with Crippen molar-refractivity contribution < 1.29 is 19.6 Å². The number of carbonyl (C=O) groups is 2. The predicted molar refractivity (Wildman–Crippen MR) is 54.4 cm³/mol. The molecule has 0 aliphatic rings. The molecule has 0 spiro atoms. The summed E-state index contributed by atoms with van der Waals surface area (Å²) in [6.07, 6.45) is 0. The lowest BCUT2D eigenvalue weighted by molar-refractivity contribution is -0.384. The second-order valence-electron chi connectivity index (χ2n) is 2.97. The topological polar surface area (TPSA) is 110 Å². The molecule has 2 N–H and O–H groups in total. The molecule has 0 heterocycles. The number of nitro groups is 1. The van der Waals surface area contributed by atoms with Crippen LogP contribution in [0.25, 0.3) is 0 Å². The second-order valence-corrected chi connectivity index (χ2v) is 2.97. The number of anilines is 1. The van der Waals surface area contributed by atoms with E-state index in [0.717, 1.165) is 12.1 Å². The van der Waals surface area contributed by atoms with Crippen LogP contribution in [0.2, 0.25) is 0 Å². The largest absolute Gasteiger partial charge is 0.478 e. The van der Waals surface area contributed by atoms with Crippen molar-refractivity contribution in [3.8, 4) is 0 Å². The van der Waals surface area contributed by atoms with Crippen molar-refractivity contribution in [2.45, 2.75) is 6.92 Å². The normalized spacial score (nSPS) is 9.56. The van der Waals surface area contributed by atoms with E-state index in [-0.39, 0.29) is 16.9 Å². The Hall–Kier alpha value is -2.44. The number of nitro benzene ring substituents is 1. The van der Waals surface area contributed by atoms with Crippen LogP contribution in [0.1, 0.15) is 17.3 Å². The highest BCUT2D eigenvalue weighted by Crippen LogP contribution is 2.22. The quantitative estimate of drug-likeness (QED) is 0.593. The van der Waals surface area contributed by atoms with Gasteiger partial charge in [-0.1, -0.05) is 0 Å². The molecular weight excluding hydrogens is 216 g/mol. The number of benzene rings is 1. The van der Waals surface area contributed by atoms with Crippen LogP contribution in [0, 0.1) is 10.1 Å². The maximum absolute atomic E-state index is 10.8. The summed E-state index contributed by atoms with van der Waals surface area (Å²) in [5.41, 5.74) is -0.624. The van der Waals surface area contributed by atoms with Crippen molar-refractivity contribution in [1.82, 2.24) is 0 Å². The van der Waals surface area contributed by atoms with E-state index in [1.165, 1.54) is 13.0 Å². The molecule has 1 rings (SSSR count). The number of carbonyl (C=O) groups excluding carboxylic acids is 1. The monoisotopic (exact) mass is 224 g/mol. The predicted octanol–water partition coefficient (Wildman–Crippen LogP) is 1.25. The zero-order chi connectivity index (χ0) is 12.3. The van der Waals surface area contributed by atoms with Crippen LogP contribution in [-0.4, -0.2) is 21.9 Å². The van der Waals surface area contributed by atoms with Crippen molar-refractivity contribution in [2.75, 3.05) is 5.32 Å². The van der Waals surface area contributed by atoms with Crippen LogP contribution < -0.4 is 5.32 Å². The van der Waals surface area contributed by atoms with Gasteiger partial charge in [0.25, 0.3) is 5.69 Å². The maximum atomic E-state index is 10.8. The van der Waals surface area contributed by atoms with Gasteiger partial charge in [-0.05, 0) is 6.07 Å². The molecule has 0 aliphatic heterocycles. The van der Waals surface area contributed by atoms with Gasteiger partial charge >= 0.3 is 5.97 Å². The average molecular weight is 224 g/mol. The molecule has 1 aromatic rings. The number of hydrogen-bond acceptors (Lipinski definition) is 4. The Bertz CT molecular complexity index is 469. The molecule has 0 fully saturated rings. The van der Waals surface area contributed by atoms with Crippen LogP contribution in [-0.2, 0) is 4.79 Å². The van der Waals surface area contributed by atoms with Gasteiger partial charge in [0.2, 0.25) is 5.91 Å². The van der Waals surface area contributed by atoms with Crippen molar-refractivity contribution in [2.24, 2.45) is 0 Å². The van der Waals surface area contributed by atoms with Gasteiger partial charge in [0.15, 0.2) is 0 Å². The fourth-order valence-electron chi connectivity index (χ4n) is 1.12. The number of aromatic carboxylic acids is 1. The zero-order valence-corrected chi connectivity index (χ0v) is 8.26. The summed E-state index contributed by atoms with van der Waals surface area (Å²) >= 11 is 0.